The molecule has 17 heavy (non-hydrogen) atoms. The summed E-state index contributed by atoms with van der Waals surface area (Å²) in [5.74, 6) is 0.0590. The summed E-state index contributed by atoms with van der Waals surface area (Å²) in [6.07, 6.45) is 3.75. The van der Waals surface area contributed by atoms with Gasteiger partial charge in [-0.25, -0.2) is 0 Å². The molecule has 2 rings (SSSR count). The number of amides is 1. The molecule has 0 saturated heterocycles. The van der Waals surface area contributed by atoms with E-state index in [1.54, 1.807) is 4.90 Å². The topological polar surface area (TPSA) is 108 Å². The van der Waals surface area contributed by atoms with Gasteiger partial charge in [-0.2, -0.15) is 4.98 Å². The fraction of sp³-hybridized carbons (Fsp3) is 0.700. The monoisotopic (exact) mass is 239 g/mol. The second-order valence-electron chi connectivity index (χ2n) is 4.20. The van der Waals surface area contributed by atoms with E-state index in [9.17, 15) is 4.79 Å². The van der Waals surface area contributed by atoms with Gasteiger partial charge in [0.2, 0.25) is 11.8 Å². The largest absolute Gasteiger partial charge is 0.396 e. The van der Waals surface area contributed by atoms with Crippen LogP contribution in [0.25, 0.3) is 0 Å². The Morgan fingerprint density at radius 1 is 1.59 bits per heavy atom. The first kappa shape index (κ1) is 11.8. The second kappa shape index (κ2) is 5.13. The number of aromatic amines is 1. The molecule has 0 atom stereocenters. The van der Waals surface area contributed by atoms with Gasteiger partial charge in [0.1, 0.15) is 0 Å². The molecule has 0 unspecified atom stereocenters. The Morgan fingerprint density at radius 2 is 2.35 bits per heavy atom. The first-order valence-electron chi connectivity index (χ1n) is 5.82. The SMILES string of the molecule is Nc1n[nH]c(C(=O)N(CCCO)C2CCC2)n1. The number of carbonyl (C=O) groups excluding carboxylic acids is 1. The number of anilines is 1. The predicted molar refractivity (Wildman–Crippen MR) is 61.2 cm³/mol. The Labute approximate surface area is 99.0 Å². The second-order valence-corrected chi connectivity index (χ2v) is 4.20. The number of rotatable bonds is 5. The Balaban J connectivity index is 2.06. The summed E-state index contributed by atoms with van der Waals surface area (Å²) >= 11 is 0. The van der Waals surface area contributed by atoms with Crippen molar-refractivity contribution in [1.82, 2.24) is 20.1 Å². The molecule has 1 fully saturated rings. The molecular weight excluding hydrogens is 222 g/mol. The van der Waals surface area contributed by atoms with Crippen LogP contribution >= 0.6 is 0 Å². The highest BCUT2D eigenvalue weighted by Gasteiger charge is 2.30. The van der Waals surface area contributed by atoms with E-state index in [1.165, 1.54) is 0 Å². The molecule has 1 aliphatic carbocycles. The lowest BCUT2D eigenvalue weighted by atomic mass is 9.91. The number of aliphatic hydroxyl groups excluding tert-OH is 1. The molecule has 0 aromatic carbocycles. The number of nitrogens with one attached hydrogen (secondary N) is 1. The van der Waals surface area contributed by atoms with Gasteiger partial charge in [-0.15, -0.1) is 5.10 Å². The van der Waals surface area contributed by atoms with Crippen LogP contribution in [0.4, 0.5) is 5.95 Å². The molecule has 94 valence electrons. The summed E-state index contributed by atoms with van der Waals surface area (Å²) in [6.45, 7) is 0.621. The molecule has 1 aromatic heterocycles. The molecule has 1 heterocycles. The minimum atomic E-state index is -0.188. The van der Waals surface area contributed by atoms with Crippen molar-refractivity contribution in [3.05, 3.63) is 5.82 Å². The third kappa shape index (κ3) is 2.55. The molecule has 1 aliphatic rings. The minimum absolute atomic E-state index is 0.0732. The lowest BCUT2D eigenvalue weighted by Crippen LogP contribution is -2.45. The number of hydrogen-bond acceptors (Lipinski definition) is 5. The lowest BCUT2D eigenvalue weighted by Gasteiger charge is -2.37. The van der Waals surface area contributed by atoms with Crippen LogP contribution in [0.2, 0.25) is 0 Å². The Hall–Kier alpha value is -1.63. The highest BCUT2D eigenvalue weighted by molar-refractivity contribution is 5.91. The molecule has 1 saturated carbocycles. The summed E-state index contributed by atoms with van der Waals surface area (Å²) < 4.78 is 0. The maximum absolute atomic E-state index is 12.2. The van der Waals surface area contributed by atoms with Gasteiger partial charge in [0.15, 0.2) is 0 Å². The van der Waals surface area contributed by atoms with Crippen LogP contribution < -0.4 is 5.73 Å². The van der Waals surface area contributed by atoms with E-state index in [0.29, 0.717) is 13.0 Å². The number of H-pyrrole nitrogens is 1. The van der Waals surface area contributed by atoms with E-state index in [1.807, 2.05) is 0 Å². The fourth-order valence-corrected chi connectivity index (χ4v) is 1.90. The smallest absolute Gasteiger partial charge is 0.291 e. The highest BCUT2D eigenvalue weighted by Crippen LogP contribution is 2.25. The normalized spacial score (nSPS) is 15.6. The van der Waals surface area contributed by atoms with Crippen molar-refractivity contribution < 1.29 is 9.90 Å². The average molecular weight is 239 g/mol. The summed E-state index contributed by atoms with van der Waals surface area (Å²) in [4.78, 5) is 17.7. The zero-order valence-corrected chi connectivity index (χ0v) is 9.59. The number of hydrogen-bond donors (Lipinski definition) is 3. The molecule has 0 bridgehead atoms. The molecule has 1 aromatic rings. The van der Waals surface area contributed by atoms with Crippen molar-refractivity contribution in [2.75, 3.05) is 18.9 Å². The Morgan fingerprint density at radius 3 is 2.82 bits per heavy atom. The Bertz CT molecular complexity index is 388. The molecule has 4 N–H and O–H groups in total. The van der Waals surface area contributed by atoms with Crippen LogP contribution in [0.15, 0.2) is 0 Å². The zero-order valence-electron chi connectivity index (χ0n) is 9.59. The van der Waals surface area contributed by atoms with Gasteiger partial charge in [0.25, 0.3) is 5.91 Å². The van der Waals surface area contributed by atoms with Crippen LogP contribution in [0.5, 0.6) is 0 Å². The van der Waals surface area contributed by atoms with E-state index in [4.69, 9.17) is 10.8 Å². The maximum atomic E-state index is 12.2. The zero-order chi connectivity index (χ0) is 12.3. The van der Waals surface area contributed by atoms with Crippen molar-refractivity contribution in [2.24, 2.45) is 0 Å². The van der Waals surface area contributed by atoms with Crippen molar-refractivity contribution in [2.45, 2.75) is 31.7 Å². The van der Waals surface area contributed by atoms with Crippen molar-refractivity contribution in [3.8, 4) is 0 Å². The first-order chi connectivity index (χ1) is 8.22. The standard InChI is InChI=1S/C10H17N5O2/c11-10-12-8(13-14-10)9(17)15(5-2-6-16)7-3-1-4-7/h7,16H,1-6H2,(H3,11,12,13,14). The lowest BCUT2D eigenvalue weighted by molar-refractivity contribution is 0.0550. The van der Waals surface area contributed by atoms with E-state index < -0.39 is 0 Å². The first-order valence-corrected chi connectivity index (χ1v) is 5.82. The van der Waals surface area contributed by atoms with Gasteiger partial charge < -0.3 is 15.7 Å². The van der Waals surface area contributed by atoms with Crippen LogP contribution in [0.3, 0.4) is 0 Å². The number of nitrogens with two attached hydrogens (primary N) is 1. The van der Waals surface area contributed by atoms with Gasteiger partial charge in [-0.05, 0) is 25.7 Å². The summed E-state index contributed by atoms with van der Waals surface area (Å²) in [5.41, 5.74) is 5.38. The van der Waals surface area contributed by atoms with Crippen LogP contribution in [-0.4, -0.2) is 50.3 Å². The Kier molecular flexibility index (Phi) is 3.58. The summed E-state index contributed by atoms with van der Waals surface area (Å²) in [6, 6.07) is 0.264. The van der Waals surface area contributed by atoms with Gasteiger partial charge in [0, 0.05) is 19.2 Å². The predicted octanol–water partition coefficient (Wildman–Crippen LogP) is -0.236. The van der Waals surface area contributed by atoms with E-state index in [0.717, 1.165) is 19.3 Å². The van der Waals surface area contributed by atoms with E-state index in [2.05, 4.69) is 15.2 Å². The van der Waals surface area contributed by atoms with Crippen molar-refractivity contribution >= 4 is 11.9 Å². The van der Waals surface area contributed by atoms with Gasteiger partial charge in [-0.1, -0.05) is 0 Å². The van der Waals surface area contributed by atoms with Crippen molar-refractivity contribution in [3.63, 3.8) is 0 Å². The van der Waals surface area contributed by atoms with Gasteiger partial charge in [-0.3, -0.25) is 9.89 Å². The maximum Gasteiger partial charge on any atom is 0.291 e. The fourth-order valence-electron chi connectivity index (χ4n) is 1.90. The third-order valence-electron chi connectivity index (χ3n) is 3.04. The molecule has 7 nitrogen and oxygen atoms in total. The van der Waals surface area contributed by atoms with Crippen molar-refractivity contribution in [1.29, 1.82) is 0 Å². The van der Waals surface area contributed by atoms with Gasteiger partial charge in [0.05, 0.1) is 0 Å². The number of carbonyl (C=O) groups is 1. The van der Waals surface area contributed by atoms with Crippen LogP contribution in [0.1, 0.15) is 36.3 Å². The summed E-state index contributed by atoms with van der Waals surface area (Å²) in [5, 5.41) is 15.0. The molecule has 0 spiro atoms. The van der Waals surface area contributed by atoms with Crippen LogP contribution in [0, 0.1) is 0 Å². The number of aliphatic hydroxyl groups is 1. The minimum Gasteiger partial charge on any atom is -0.396 e. The number of aromatic nitrogens is 3. The molecular formula is C10H17N5O2. The average Bonchev–Trinajstić information content (AvgIpc) is 2.67. The molecule has 0 aliphatic heterocycles. The number of nitrogens with zero attached hydrogens (tertiary/aromatic N) is 3. The molecule has 7 heteroatoms. The quantitative estimate of drug-likeness (QED) is 0.657. The van der Waals surface area contributed by atoms with Gasteiger partial charge >= 0.3 is 0 Å². The van der Waals surface area contributed by atoms with Crippen LogP contribution in [-0.2, 0) is 0 Å². The molecule has 1 amide bonds. The number of nitrogen functional groups attached to an aromatic ring is 1. The third-order valence-corrected chi connectivity index (χ3v) is 3.04. The highest BCUT2D eigenvalue weighted by atomic mass is 16.3. The van der Waals surface area contributed by atoms with E-state index in [-0.39, 0.29) is 30.3 Å². The van der Waals surface area contributed by atoms with E-state index >= 15 is 0 Å². The summed E-state index contributed by atoms with van der Waals surface area (Å²) in [7, 11) is 0. The molecule has 0 radical (unpaired) electrons.